The van der Waals surface area contributed by atoms with Crippen molar-refractivity contribution in [3.05, 3.63) is 0 Å². The lowest BCUT2D eigenvalue weighted by molar-refractivity contribution is 0.0993. The summed E-state index contributed by atoms with van der Waals surface area (Å²) in [5.74, 6) is 0. The van der Waals surface area contributed by atoms with Gasteiger partial charge in [0.15, 0.2) is 0 Å². The topological polar surface area (TPSA) is 45.3 Å². The zero-order valence-corrected chi connectivity index (χ0v) is 13.6. The van der Waals surface area contributed by atoms with E-state index in [9.17, 15) is 0 Å². The summed E-state index contributed by atoms with van der Waals surface area (Å²) in [5.41, 5.74) is -0.156. The second kappa shape index (κ2) is 7.48. The molecule has 1 unspecified atom stereocenters. The van der Waals surface area contributed by atoms with Gasteiger partial charge in [-0.15, -0.1) is 0 Å². The summed E-state index contributed by atoms with van der Waals surface area (Å²) in [6.07, 6.45) is 1.10. The Morgan fingerprint density at radius 2 is 1.53 bits per heavy atom. The van der Waals surface area contributed by atoms with Crippen molar-refractivity contribution in [2.45, 2.75) is 66.5 Å². The van der Waals surface area contributed by atoms with Crippen molar-refractivity contribution in [1.29, 1.82) is 0 Å². The number of hydrogen-bond acceptors (Lipinski definition) is 4. The van der Waals surface area contributed by atoms with Crippen molar-refractivity contribution in [2.75, 3.05) is 13.1 Å². The van der Waals surface area contributed by atoms with Crippen molar-refractivity contribution >= 4 is 8.80 Å². The van der Waals surface area contributed by atoms with Crippen LogP contribution in [0.15, 0.2) is 0 Å². The van der Waals surface area contributed by atoms with Gasteiger partial charge in [-0.3, -0.25) is 14.9 Å². The minimum Gasteiger partial charge on any atom is -0.375 e. The zero-order chi connectivity index (χ0) is 13.5. The standard InChI is InChI=1S/C12H31N3OSi/c1-8-11(4)15-17(13-9-2,14-10-3)16-12(5,6)7/h11,13-15H,8-10H2,1-7H3. The van der Waals surface area contributed by atoms with Gasteiger partial charge in [-0.25, -0.2) is 0 Å². The van der Waals surface area contributed by atoms with Crippen LogP contribution < -0.4 is 14.9 Å². The molecule has 4 nitrogen and oxygen atoms in total. The van der Waals surface area contributed by atoms with E-state index >= 15 is 0 Å². The molecule has 0 aromatic carbocycles. The summed E-state index contributed by atoms with van der Waals surface area (Å²) in [6, 6.07) is 0.446. The predicted molar refractivity (Wildman–Crippen MR) is 76.8 cm³/mol. The number of hydrogen-bond donors (Lipinski definition) is 3. The molecule has 104 valence electrons. The Morgan fingerprint density at radius 1 is 1.06 bits per heavy atom. The molecule has 0 heterocycles. The van der Waals surface area contributed by atoms with Crippen LogP contribution in [0.5, 0.6) is 0 Å². The Kier molecular flexibility index (Phi) is 7.51. The maximum atomic E-state index is 6.28. The highest BCUT2D eigenvalue weighted by atomic mass is 28.4. The molecule has 0 aliphatic heterocycles. The first-order chi connectivity index (χ1) is 7.78. The number of rotatable bonds is 8. The van der Waals surface area contributed by atoms with Crippen molar-refractivity contribution in [3.8, 4) is 0 Å². The third-order valence-electron chi connectivity index (χ3n) is 2.37. The Balaban J connectivity index is 4.83. The first kappa shape index (κ1) is 17.1. The van der Waals surface area contributed by atoms with E-state index in [1.807, 2.05) is 0 Å². The summed E-state index contributed by atoms with van der Waals surface area (Å²) in [6.45, 7) is 16.7. The first-order valence-corrected chi connectivity index (χ1v) is 8.67. The Bertz CT molecular complexity index is 200. The highest BCUT2D eigenvalue weighted by Crippen LogP contribution is 2.12. The maximum absolute atomic E-state index is 6.28. The lowest BCUT2D eigenvalue weighted by Crippen LogP contribution is -2.77. The molecule has 3 N–H and O–H groups in total. The van der Waals surface area contributed by atoms with Crippen LogP contribution in [0.3, 0.4) is 0 Å². The molecule has 0 saturated heterocycles. The fourth-order valence-corrected chi connectivity index (χ4v) is 5.02. The third kappa shape index (κ3) is 7.16. The maximum Gasteiger partial charge on any atom is 0.440 e. The normalized spacial score (nSPS) is 15.0. The molecule has 17 heavy (non-hydrogen) atoms. The third-order valence-corrected chi connectivity index (χ3v) is 5.89. The summed E-state index contributed by atoms with van der Waals surface area (Å²) >= 11 is 0. The molecule has 0 aromatic rings. The Hall–Kier alpha value is 0.0569. The molecule has 0 radical (unpaired) electrons. The summed E-state index contributed by atoms with van der Waals surface area (Å²) in [4.78, 5) is 10.7. The average Bonchev–Trinajstić information content (AvgIpc) is 2.15. The quantitative estimate of drug-likeness (QED) is 0.584. The van der Waals surface area contributed by atoms with E-state index in [1.165, 1.54) is 0 Å². The molecular formula is C12H31N3OSi. The summed E-state index contributed by atoms with van der Waals surface area (Å²) < 4.78 is 6.28. The van der Waals surface area contributed by atoms with Crippen molar-refractivity contribution in [1.82, 2.24) is 14.9 Å². The zero-order valence-electron chi connectivity index (χ0n) is 12.6. The van der Waals surface area contributed by atoms with Crippen LogP contribution in [0.1, 0.15) is 54.9 Å². The molecule has 1 atom stereocenters. The van der Waals surface area contributed by atoms with Crippen LogP contribution in [-0.2, 0) is 4.43 Å². The van der Waals surface area contributed by atoms with Crippen LogP contribution in [0.2, 0.25) is 0 Å². The first-order valence-electron chi connectivity index (χ1n) is 6.76. The van der Waals surface area contributed by atoms with Gasteiger partial charge >= 0.3 is 8.80 Å². The predicted octanol–water partition coefficient (Wildman–Crippen LogP) is 1.84. The SMILES string of the molecule is CCN[Si](NCC)(NC(C)CC)OC(C)(C)C. The Morgan fingerprint density at radius 3 is 1.82 bits per heavy atom. The van der Waals surface area contributed by atoms with Gasteiger partial charge in [0.2, 0.25) is 0 Å². The molecule has 0 aromatic heterocycles. The summed E-state index contributed by atoms with van der Waals surface area (Å²) in [5, 5.41) is 0. The molecule has 0 aliphatic rings. The van der Waals surface area contributed by atoms with Gasteiger partial charge < -0.3 is 4.43 Å². The van der Waals surface area contributed by atoms with E-state index < -0.39 is 8.80 Å². The van der Waals surface area contributed by atoms with E-state index in [-0.39, 0.29) is 5.60 Å². The number of nitrogens with one attached hydrogen (secondary N) is 3. The van der Waals surface area contributed by atoms with Gasteiger partial charge in [0.05, 0.1) is 5.60 Å². The van der Waals surface area contributed by atoms with Crippen LogP contribution in [0, 0.1) is 0 Å². The van der Waals surface area contributed by atoms with Crippen LogP contribution in [-0.4, -0.2) is 33.5 Å². The second-order valence-corrected chi connectivity index (χ2v) is 7.97. The van der Waals surface area contributed by atoms with E-state index in [1.54, 1.807) is 0 Å². The van der Waals surface area contributed by atoms with Crippen LogP contribution in [0.25, 0.3) is 0 Å². The minimum atomic E-state index is -2.26. The largest absolute Gasteiger partial charge is 0.440 e. The molecule has 0 fully saturated rings. The molecule has 5 heteroatoms. The molecule has 0 saturated carbocycles. The van der Waals surface area contributed by atoms with Crippen molar-refractivity contribution in [3.63, 3.8) is 0 Å². The smallest absolute Gasteiger partial charge is 0.375 e. The van der Waals surface area contributed by atoms with Crippen molar-refractivity contribution < 1.29 is 4.43 Å². The van der Waals surface area contributed by atoms with Gasteiger partial charge in [-0.2, -0.15) is 0 Å². The van der Waals surface area contributed by atoms with E-state index in [2.05, 4.69) is 63.4 Å². The van der Waals surface area contributed by atoms with Gasteiger partial charge in [-0.1, -0.05) is 27.7 Å². The lowest BCUT2D eigenvalue weighted by Gasteiger charge is -2.39. The fourth-order valence-electron chi connectivity index (χ4n) is 1.67. The molecule has 0 bridgehead atoms. The fraction of sp³-hybridized carbons (Fsp3) is 1.00. The van der Waals surface area contributed by atoms with Crippen LogP contribution in [0.4, 0.5) is 0 Å². The lowest BCUT2D eigenvalue weighted by atomic mass is 10.2. The van der Waals surface area contributed by atoms with Crippen molar-refractivity contribution in [2.24, 2.45) is 0 Å². The monoisotopic (exact) mass is 261 g/mol. The highest BCUT2D eigenvalue weighted by Gasteiger charge is 2.40. The second-order valence-electron chi connectivity index (χ2n) is 5.41. The van der Waals surface area contributed by atoms with Gasteiger partial charge in [0, 0.05) is 6.04 Å². The Labute approximate surface area is 108 Å². The summed E-state index contributed by atoms with van der Waals surface area (Å²) in [7, 11) is -2.26. The van der Waals surface area contributed by atoms with E-state index in [0.717, 1.165) is 19.5 Å². The minimum absolute atomic E-state index is 0.156. The molecule has 0 spiro atoms. The molecular weight excluding hydrogens is 230 g/mol. The molecule has 0 amide bonds. The average molecular weight is 261 g/mol. The van der Waals surface area contributed by atoms with E-state index in [0.29, 0.717) is 6.04 Å². The van der Waals surface area contributed by atoms with Gasteiger partial charge in [-0.05, 0) is 40.3 Å². The molecule has 0 aliphatic carbocycles. The van der Waals surface area contributed by atoms with Gasteiger partial charge in [0.25, 0.3) is 0 Å². The van der Waals surface area contributed by atoms with Crippen LogP contribution >= 0.6 is 0 Å². The van der Waals surface area contributed by atoms with Gasteiger partial charge in [0.1, 0.15) is 0 Å². The van der Waals surface area contributed by atoms with E-state index in [4.69, 9.17) is 4.43 Å². The molecule has 0 rings (SSSR count). The highest BCUT2D eigenvalue weighted by molar-refractivity contribution is 6.66.